The van der Waals surface area contributed by atoms with E-state index in [0.29, 0.717) is 18.1 Å². The summed E-state index contributed by atoms with van der Waals surface area (Å²) >= 11 is 1.51. The first kappa shape index (κ1) is 15.5. The van der Waals surface area contributed by atoms with Crippen LogP contribution >= 0.6 is 11.3 Å². The van der Waals surface area contributed by atoms with E-state index in [0.717, 1.165) is 21.8 Å². The fraction of sp³-hybridized carbons (Fsp3) is 0.167. The van der Waals surface area contributed by atoms with Gasteiger partial charge in [-0.25, -0.2) is 9.37 Å². The highest BCUT2D eigenvalue weighted by atomic mass is 32.1. The highest BCUT2D eigenvalue weighted by molar-refractivity contribution is 7.13. The summed E-state index contributed by atoms with van der Waals surface area (Å²) in [6, 6.07) is 12.1. The molecule has 0 spiro atoms. The van der Waals surface area contributed by atoms with Crippen molar-refractivity contribution in [2.75, 3.05) is 7.11 Å². The minimum Gasteiger partial charge on any atom is -0.493 e. The van der Waals surface area contributed by atoms with Crippen LogP contribution in [0.4, 0.5) is 4.39 Å². The molecule has 0 radical (unpaired) electrons. The molecule has 0 aliphatic heterocycles. The first-order chi connectivity index (χ1) is 11.2. The Morgan fingerprint density at radius 1 is 1.09 bits per heavy atom. The molecule has 0 saturated heterocycles. The van der Waals surface area contributed by atoms with Crippen molar-refractivity contribution in [3.05, 3.63) is 64.9 Å². The molecule has 0 fully saturated rings. The van der Waals surface area contributed by atoms with Gasteiger partial charge in [-0.2, -0.15) is 0 Å². The summed E-state index contributed by atoms with van der Waals surface area (Å²) in [6.07, 6.45) is 0. The van der Waals surface area contributed by atoms with Gasteiger partial charge in [-0.05, 0) is 48.9 Å². The van der Waals surface area contributed by atoms with E-state index in [2.05, 4.69) is 4.98 Å². The van der Waals surface area contributed by atoms with Crippen molar-refractivity contribution in [3.63, 3.8) is 0 Å². The lowest BCUT2D eigenvalue weighted by atomic mass is 10.2. The van der Waals surface area contributed by atoms with Crippen LogP contribution in [0.2, 0.25) is 0 Å². The Hall–Kier alpha value is -2.40. The highest BCUT2D eigenvalue weighted by Crippen LogP contribution is 2.29. The third-order valence-corrected chi connectivity index (χ3v) is 4.28. The second kappa shape index (κ2) is 6.79. The summed E-state index contributed by atoms with van der Waals surface area (Å²) in [5, 5.41) is 2.79. The lowest BCUT2D eigenvalue weighted by Crippen LogP contribution is -1.98. The predicted molar refractivity (Wildman–Crippen MR) is 89.6 cm³/mol. The van der Waals surface area contributed by atoms with E-state index in [-0.39, 0.29) is 5.82 Å². The molecule has 0 bridgehead atoms. The maximum atomic E-state index is 13.0. The van der Waals surface area contributed by atoms with Crippen molar-refractivity contribution in [2.24, 2.45) is 0 Å². The normalized spacial score (nSPS) is 10.6. The number of hydrogen-bond acceptors (Lipinski definition) is 4. The van der Waals surface area contributed by atoms with Gasteiger partial charge in [0.25, 0.3) is 0 Å². The van der Waals surface area contributed by atoms with Crippen LogP contribution in [0, 0.1) is 12.7 Å². The van der Waals surface area contributed by atoms with Gasteiger partial charge in [0.15, 0.2) is 11.5 Å². The summed E-state index contributed by atoms with van der Waals surface area (Å²) in [7, 11) is 1.62. The monoisotopic (exact) mass is 329 g/mol. The van der Waals surface area contributed by atoms with Crippen LogP contribution in [0.1, 0.15) is 11.3 Å². The van der Waals surface area contributed by atoms with Crippen molar-refractivity contribution in [1.82, 2.24) is 4.98 Å². The van der Waals surface area contributed by atoms with E-state index >= 15 is 0 Å². The lowest BCUT2D eigenvalue weighted by Gasteiger charge is -2.10. The molecule has 2 aromatic carbocycles. The predicted octanol–water partition coefficient (Wildman–Crippen LogP) is 4.85. The molecule has 0 saturated carbocycles. The van der Waals surface area contributed by atoms with Crippen LogP contribution in [0.15, 0.2) is 47.8 Å². The zero-order valence-electron chi connectivity index (χ0n) is 12.9. The summed E-state index contributed by atoms with van der Waals surface area (Å²) in [6.45, 7) is 2.36. The molecular weight excluding hydrogens is 313 g/mol. The highest BCUT2D eigenvalue weighted by Gasteiger charge is 2.08. The number of hydrogen-bond donors (Lipinski definition) is 0. The molecule has 0 aliphatic rings. The molecule has 3 rings (SSSR count). The minimum absolute atomic E-state index is 0.250. The molecule has 0 unspecified atom stereocenters. The molecule has 1 aromatic heterocycles. The maximum absolute atomic E-state index is 13.0. The number of aromatic nitrogens is 1. The third-order valence-electron chi connectivity index (χ3n) is 3.34. The maximum Gasteiger partial charge on any atom is 0.161 e. The van der Waals surface area contributed by atoms with Gasteiger partial charge in [0, 0.05) is 10.9 Å². The topological polar surface area (TPSA) is 31.4 Å². The number of methoxy groups -OCH3 is 1. The molecule has 0 atom stereocenters. The quantitative estimate of drug-likeness (QED) is 0.671. The molecule has 23 heavy (non-hydrogen) atoms. The average molecular weight is 329 g/mol. The van der Waals surface area contributed by atoms with Crippen LogP contribution in [0.5, 0.6) is 11.5 Å². The van der Waals surface area contributed by atoms with Crippen molar-refractivity contribution in [3.8, 4) is 22.1 Å². The fourth-order valence-electron chi connectivity index (χ4n) is 2.14. The molecule has 0 N–H and O–H groups in total. The van der Waals surface area contributed by atoms with Gasteiger partial charge in [0.2, 0.25) is 0 Å². The van der Waals surface area contributed by atoms with Crippen LogP contribution in [0.3, 0.4) is 0 Å². The number of rotatable bonds is 5. The minimum atomic E-state index is -0.250. The van der Waals surface area contributed by atoms with E-state index in [1.165, 1.54) is 23.5 Å². The first-order valence-corrected chi connectivity index (χ1v) is 8.01. The lowest BCUT2D eigenvalue weighted by molar-refractivity contribution is 0.281. The Bertz CT molecular complexity index is 799. The smallest absolute Gasteiger partial charge is 0.161 e. The second-order valence-electron chi connectivity index (χ2n) is 5.09. The van der Waals surface area contributed by atoms with E-state index in [1.54, 1.807) is 19.2 Å². The summed E-state index contributed by atoms with van der Waals surface area (Å²) in [5.41, 5.74) is 2.84. The zero-order chi connectivity index (χ0) is 16.2. The molecular formula is C18H16FNO2S. The summed E-state index contributed by atoms with van der Waals surface area (Å²) in [4.78, 5) is 4.53. The van der Waals surface area contributed by atoms with Gasteiger partial charge in [-0.3, -0.25) is 0 Å². The first-order valence-electron chi connectivity index (χ1n) is 7.13. The van der Waals surface area contributed by atoms with Gasteiger partial charge in [-0.1, -0.05) is 6.07 Å². The number of halogens is 1. The van der Waals surface area contributed by atoms with Crippen LogP contribution < -0.4 is 9.47 Å². The molecule has 0 amide bonds. The van der Waals surface area contributed by atoms with Crippen molar-refractivity contribution in [1.29, 1.82) is 0 Å². The Morgan fingerprint density at radius 2 is 1.87 bits per heavy atom. The molecule has 3 nitrogen and oxygen atoms in total. The number of nitrogens with zero attached hydrogens (tertiary/aromatic N) is 1. The standard InChI is InChI=1S/C18H16FNO2S/c1-12-3-8-16(17(9-12)21-2)22-10-15-11-23-18(20-15)13-4-6-14(19)7-5-13/h3-9,11H,10H2,1-2H3. The van der Waals surface area contributed by atoms with Crippen LogP contribution in [-0.4, -0.2) is 12.1 Å². The third kappa shape index (κ3) is 3.68. The summed E-state index contributed by atoms with van der Waals surface area (Å²) in [5.74, 6) is 1.15. The zero-order valence-corrected chi connectivity index (χ0v) is 13.7. The van der Waals surface area contributed by atoms with Crippen LogP contribution in [0.25, 0.3) is 10.6 Å². The van der Waals surface area contributed by atoms with Crippen molar-refractivity contribution in [2.45, 2.75) is 13.5 Å². The molecule has 5 heteroatoms. The molecule has 1 heterocycles. The largest absolute Gasteiger partial charge is 0.493 e. The number of ether oxygens (including phenoxy) is 2. The Labute approximate surface area is 138 Å². The number of thiazole rings is 1. The van der Waals surface area contributed by atoms with Gasteiger partial charge in [0.1, 0.15) is 17.4 Å². The molecule has 0 aliphatic carbocycles. The van der Waals surface area contributed by atoms with Crippen molar-refractivity contribution < 1.29 is 13.9 Å². The van der Waals surface area contributed by atoms with E-state index in [1.807, 2.05) is 30.5 Å². The Kier molecular flexibility index (Phi) is 4.57. The number of aryl methyl sites for hydroxylation is 1. The van der Waals surface area contributed by atoms with Crippen molar-refractivity contribution >= 4 is 11.3 Å². The molecule has 118 valence electrons. The number of benzene rings is 2. The van der Waals surface area contributed by atoms with E-state index in [4.69, 9.17) is 9.47 Å². The molecule has 3 aromatic rings. The average Bonchev–Trinajstić information content (AvgIpc) is 3.03. The van der Waals surface area contributed by atoms with E-state index in [9.17, 15) is 4.39 Å². The van der Waals surface area contributed by atoms with Crippen LogP contribution in [-0.2, 0) is 6.61 Å². The SMILES string of the molecule is COc1cc(C)ccc1OCc1csc(-c2ccc(F)cc2)n1. The Morgan fingerprint density at radius 3 is 2.61 bits per heavy atom. The Balaban J connectivity index is 1.71. The second-order valence-corrected chi connectivity index (χ2v) is 5.95. The van der Waals surface area contributed by atoms with Gasteiger partial charge in [-0.15, -0.1) is 11.3 Å². The fourth-order valence-corrected chi connectivity index (χ4v) is 2.95. The van der Waals surface area contributed by atoms with Gasteiger partial charge in [0.05, 0.1) is 12.8 Å². The summed E-state index contributed by atoms with van der Waals surface area (Å²) < 4.78 is 24.1. The van der Waals surface area contributed by atoms with Gasteiger partial charge < -0.3 is 9.47 Å². The van der Waals surface area contributed by atoms with Gasteiger partial charge >= 0.3 is 0 Å². The van der Waals surface area contributed by atoms with E-state index < -0.39 is 0 Å².